The van der Waals surface area contributed by atoms with Crippen molar-refractivity contribution >= 4 is 23.1 Å². The molecule has 39 heavy (non-hydrogen) atoms. The largest absolute Gasteiger partial charge is 0.507 e. The Hall–Kier alpha value is -4.84. The molecule has 0 saturated carbocycles. The maximum absolute atomic E-state index is 13.4. The topological polar surface area (TPSA) is 76.1 Å². The number of ether oxygens (including phenoxy) is 2. The molecule has 1 fully saturated rings. The molecule has 1 unspecified atom stereocenters. The van der Waals surface area contributed by atoms with Gasteiger partial charge in [0.1, 0.15) is 23.9 Å². The van der Waals surface area contributed by atoms with Crippen molar-refractivity contribution in [2.75, 3.05) is 11.5 Å². The van der Waals surface area contributed by atoms with Gasteiger partial charge >= 0.3 is 0 Å². The average Bonchev–Trinajstić information content (AvgIpc) is 3.23. The van der Waals surface area contributed by atoms with Gasteiger partial charge in [0.25, 0.3) is 11.7 Å². The van der Waals surface area contributed by atoms with Crippen molar-refractivity contribution in [1.82, 2.24) is 0 Å². The normalized spacial score (nSPS) is 16.4. The highest BCUT2D eigenvalue weighted by Crippen LogP contribution is 2.42. The van der Waals surface area contributed by atoms with Crippen molar-refractivity contribution in [2.45, 2.75) is 26.5 Å². The second kappa shape index (κ2) is 11.3. The van der Waals surface area contributed by atoms with Gasteiger partial charge in [0.2, 0.25) is 0 Å². The van der Waals surface area contributed by atoms with Crippen molar-refractivity contribution < 1.29 is 24.2 Å². The van der Waals surface area contributed by atoms with Crippen LogP contribution in [0.3, 0.4) is 0 Å². The first kappa shape index (κ1) is 25.8. The SMILES string of the molecule is CCOc1ccc(C2/C(=C(/O)c3ccc(OCc4ccccc4)c(C)c3)C(=O)C(=O)N2c2ccccc2)cc1. The van der Waals surface area contributed by atoms with Crippen LogP contribution in [0.25, 0.3) is 5.76 Å². The molecule has 1 N–H and O–H groups in total. The summed E-state index contributed by atoms with van der Waals surface area (Å²) < 4.78 is 11.6. The maximum atomic E-state index is 13.4. The Morgan fingerprint density at radius 2 is 1.51 bits per heavy atom. The zero-order valence-corrected chi connectivity index (χ0v) is 21.8. The van der Waals surface area contributed by atoms with Crippen LogP contribution in [0, 0.1) is 6.92 Å². The quantitative estimate of drug-likeness (QED) is 0.161. The first-order chi connectivity index (χ1) is 19.0. The number of Topliss-reactive ketones (excluding diaryl/α,β-unsaturated/α-hetero) is 1. The lowest BCUT2D eigenvalue weighted by molar-refractivity contribution is -0.132. The van der Waals surface area contributed by atoms with E-state index in [2.05, 4.69) is 0 Å². The van der Waals surface area contributed by atoms with Crippen LogP contribution in [-0.4, -0.2) is 23.4 Å². The Balaban J connectivity index is 1.54. The Morgan fingerprint density at radius 3 is 2.15 bits per heavy atom. The number of nitrogens with zero attached hydrogens (tertiary/aromatic N) is 1. The third kappa shape index (κ3) is 5.27. The molecule has 6 heteroatoms. The van der Waals surface area contributed by atoms with Gasteiger partial charge in [-0.15, -0.1) is 0 Å². The van der Waals surface area contributed by atoms with Gasteiger partial charge in [-0.25, -0.2) is 0 Å². The zero-order valence-electron chi connectivity index (χ0n) is 21.8. The van der Waals surface area contributed by atoms with E-state index in [1.807, 2.05) is 62.4 Å². The van der Waals surface area contributed by atoms with Crippen LogP contribution in [0.5, 0.6) is 11.5 Å². The number of carbonyl (C=O) groups is 2. The fraction of sp³-hybridized carbons (Fsp3) is 0.152. The summed E-state index contributed by atoms with van der Waals surface area (Å²) in [6.07, 6.45) is 0. The highest BCUT2D eigenvalue weighted by Gasteiger charge is 2.47. The molecule has 5 rings (SSSR count). The summed E-state index contributed by atoms with van der Waals surface area (Å²) in [5.74, 6) is -0.315. The molecule has 1 aliphatic rings. The Kier molecular flexibility index (Phi) is 7.46. The molecule has 4 aromatic rings. The Morgan fingerprint density at radius 1 is 0.846 bits per heavy atom. The predicted octanol–water partition coefficient (Wildman–Crippen LogP) is 6.60. The summed E-state index contributed by atoms with van der Waals surface area (Å²) in [5, 5.41) is 11.5. The number of ketones is 1. The summed E-state index contributed by atoms with van der Waals surface area (Å²) in [6, 6.07) is 30.5. The molecule has 1 aliphatic heterocycles. The molecule has 0 aliphatic carbocycles. The number of carbonyl (C=O) groups excluding carboxylic acids is 2. The number of rotatable bonds is 8. The molecular weight excluding hydrogens is 490 g/mol. The van der Waals surface area contributed by atoms with Gasteiger partial charge in [0, 0.05) is 11.3 Å². The molecule has 0 spiro atoms. The van der Waals surface area contributed by atoms with Gasteiger partial charge in [0.15, 0.2) is 0 Å². The van der Waals surface area contributed by atoms with Crippen LogP contribution in [0.4, 0.5) is 5.69 Å². The summed E-state index contributed by atoms with van der Waals surface area (Å²) in [6.45, 7) is 4.71. The van der Waals surface area contributed by atoms with Crippen molar-refractivity contribution in [1.29, 1.82) is 0 Å². The molecular formula is C33H29NO5. The number of hydrogen-bond donors (Lipinski definition) is 1. The molecule has 4 aromatic carbocycles. The monoisotopic (exact) mass is 519 g/mol. The summed E-state index contributed by atoms with van der Waals surface area (Å²) in [4.78, 5) is 28.2. The lowest BCUT2D eigenvalue weighted by Crippen LogP contribution is -2.29. The van der Waals surface area contributed by atoms with Gasteiger partial charge in [-0.3, -0.25) is 14.5 Å². The Labute approximate surface area is 227 Å². The van der Waals surface area contributed by atoms with Gasteiger partial charge in [-0.05, 0) is 73.0 Å². The van der Waals surface area contributed by atoms with Crippen LogP contribution < -0.4 is 14.4 Å². The third-order valence-electron chi connectivity index (χ3n) is 6.67. The highest BCUT2D eigenvalue weighted by molar-refractivity contribution is 6.51. The van der Waals surface area contributed by atoms with E-state index in [0.29, 0.717) is 41.5 Å². The van der Waals surface area contributed by atoms with E-state index in [-0.39, 0.29) is 11.3 Å². The van der Waals surface area contributed by atoms with E-state index in [1.165, 1.54) is 4.90 Å². The molecule has 1 atom stereocenters. The minimum absolute atomic E-state index is 0.0327. The molecule has 0 radical (unpaired) electrons. The first-order valence-corrected chi connectivity index (χ1v) is 12.8. The maximum Gasteiger partial charge on any atom is 0.300 e. The summed E-state index contributed by atoms with van der Waals surface area (Å²) in [5.41, 5.74) is 3.55. The standard InChI is InChI=1S/C33H29NO5/c1-3-38-27-17-14-24(15-18-27)30-29(32(36)33(37)34(30)26-12-8-5-9-13-26)31(35)25-16-19-28(22(2)20-25)39-21-23-10-6-4-7-11-23/h4-20,30,35H,3,21H2,1-2H3/b31-29-. The minimum Gasteiger partial charge on any atom is -0.507 e. The number of aliphatic hydroxyl groups is 1. The van der Waals surface area contributed by atoms with Crippen LogP contribution in [0.1, 0.15) is 35.2 Å². The summed E-state index contributed by atoms with van der Waals surface area (Å²) in [7, 11) is 0. The minimum atomic E-state index is -0.808. The van der Waals surface area contributed by atoms with Gasteiger partial charge in [-0.1, -0.05) is 60.7 Å². The predicted molar refractivity (Wildman–Crippen MR) is 151 cm³/mol. The fourth-order valence-electron chi connectivity index (χ4n) is 4.77. The second-order valence-electron chi connectivity index (χ2n) is 9.26. The van der Waals surface area contributed by atoms with E-state index < -0.39 is 17.7 Å². The van der Waals surface area contributed by atoms with E-state index in [0.717, 1.165) is 11.1 Å². The lowest BCUT2D eigenvalue weighted by atomic mass is 9.94. The number of benzene rings is 4. The number of hydrogen-bond acceptors (Lipinski definition) is 5. The van der Waals surface area contributed by atoms with Crippen molar-refractivity contribution in [3.8, 4) is 11.5 Å². The first-order valence-electron chi connectivity index (χ1n) is 12.8. The molecule has 1 heterocycles. The van der Waals surface area contributed by atoms with Crippen molar-refractivity contribution in [3.05, 3.63) is 131 Å². The fourth-order valence-corrected chi connectivity index (χ4v) is 4.77. The van der Waals surface area contributed by atoms with Gasteiger partial charge < -0.3 is 14.6 Å². The molecule has 0 aromatic heterocycles. The third-order valence-corrected chi connectivity index (χ3v) is 6.67. The van der Waals surface area contributed by atoms with Crippen LogP contribution >= 0.6 is 0 Å². The van der Waals surface area contributed by atoms with Gasteiger partial charge in [0.05, 0.1) is 18.2 Å². The second-order valence-corrected chi connectivity index (χ2v) is 9.26. The molecule has 1 amide bonds. The van der Waals surface area contributed by atoms with Crippen LogP contribution in [0.15, 0.2) is 109 Å². The molecule has 196 valence electrons. The van der Waals surface area contributed by atoms with Crippen LogP contribution in [-0.2, 0) is 16.2 Å². The number of amides is 1. The smallest absolute Gasteiger partial charge is 0.300 e. The molecule has 0 bridgehead atoms. The number of para-hydroxylation sites is 1. The number of aliphatic hydroxyl groups excluding tert-OH is 1. The highest BCUT2D eigenvalue weighted by atomic mass is 16.5. The van der Waals surface area contributed by atoms with E-state index in [1.54, 1.807) is 54.6 Å². The van der Waals surface area contributed by atoms with E-state index in [4.69, 9.17) is 9.47 Å². The van der Waals surface area contributed by atoms with Gasteiger partial charge in [-0.2, -0.15) is 0 Å². The van der Waals surface area contributed by atoms with Crippen molar-refractivity contribution in [2.24, 2.45) is 0 Å². The Bertz CT molecular complexity index is 1510. The van der Waals surface area contributed by atoms with E-state index in [9.17, 15) is 14.7 Å². The van der Waals surface area contributed by atoms with E-state index >= 15 is 0 Å². The van der Waals surface area contributed by atoms with Crippen molar-refractivity contribution in [3.63, 3.8) is 0 Å². The summed E-state index contributed by atoms with van der Waals surface area (Å²) >= 11 is 0. The molecule has 6 nitrogen and oxygen atoms in total. The lowest BCUT2D eigenvalue weighted by Gasteiger charge is -2.25. The molecule has 1 saturated heterocycles. The number of anilines is 1. The number of aryl methyl sites for hydroxylation is 1. The van der Waals surface area contributed by atoms with Crippen LogP contribution in [0.2, 0.25) is 0 Å². The average molecular weight is 520 g/mol. The zero-order chi connectivity index (χ0) is 27.4.